The minimum absolute atomic E-state index is 0.0267. The Labute approximate surface area is 217 Å². The van der Waals surface area contributed by atoms with Gasteiger partial charge < -0.3 is 10.6 Å². The fourth-order valence-corrected chi connectivity index (χ4v) is 4.07. The molecule has 2 aromatic carbocycles. The number of aryl methyl sites for hydroxylation is 1. The van der Waals surface area contributed by atoms with Crippen molar-refractivity contribution in [1.82, 2.24) is 9.97 Å². The molecule has 1 aliphatic rings. The second-order valence-corrected chi connectivity index (χ2v) is 9.01. The highest BCUT2D eigenvalue weighted by Crippen LogP contribution is 2.34. The predicted molar refractivity (Wildman–Crippen MR) is 136 cm³/mol. The van der Waals surface area contributed by atoms with E-state index in [-0.39, 0.29) is 48.0 Å². The molecule has 10 heteroatoms. The van der Waals surface area contributed by atoms with Gasteiger partial charge in [-0.1, -0.05) is 18.1 Å². The molecule has 2 heterocycles. The van der Waals surface area contributed by atoms with Gasteiger partial charge in [0.25, 0.3) is 0 Å². The van der Waals surface area contributed by atoms with Gasteiger partial charge >= 0.3 is 6.18 Å². The molecule has 3 N–H and O–H groups in total. The van der Waals surface area contributed by atoms with Crippen molar-refractivity contribution in [3.05, 3.63) is 88.0 Å². The molecule has 0 bridgehead atoms. The van der Waals surface area contributed by atoms with Crippen LogP contribution in [0.25, 0.3) is 0 Å². The Bertz CT molecular complexity index is 1470. The molecule has 1 aromatic heterocycles. The number of rotatable bonds is 6. The summed E-state index contributed by atoms with van der Waals surface area (Å²) in [6.45, 7) is 2.17. The molecule has 1 fully saturated rings. The zero-order chi connectivity index (χ0) is 27.4. The van der Waals surface area contributed by atoms with E-state index in [0.717, 1.165) is 17.7 Å². The molecule has 1 amide bonds. The average Bonchev–Trinajstić information content (AvgIpc) is 3.29. The molecule has 4 rings (SSSR count). The van der Waals surface area contributed by atoms with Crippen LogP contribution < -0.4 is 10.6 Å². The van der Waals surface area contributed by atoms with E-state index in [0.29, 0.717) is 35.5 Å². The highest BCUT2D eigenvalue weighted by molar-refractivity contribution is 5.99. The number of hydrogen-bond donors (Lipinski definition) is 2. The number of nitrogens with zero attached hydrogens (tertiary/aromatic N) is 3. The van der Waals surface area contributed by atoms with Gasteiger partial charge in [-0.3, -0.25) is 20.0 Å². The van der Waals surface area contributed by atoms with E-state index >= 15 is 0 Å². The zero-order valence-corrected chi connectivity index (χ0v) is 20.5. The minimum atomic E-state index is -4.61. The number of carbonyl (C=O) groups is 2. The highest BCUT2D eigenvalue weighted by Gasteiger charge is 2.33. The zero-order valence-electron chi connectivity index (χ0n) is 20.5. The number of aromatic nitrogens is 2. The number of hydrogen-bond acceptors (Lipinski definition) is 5. The van der Waals surface area contributed by atoms with Crippen LogP contribution in [0.5, 0.6) is 0 Å². The van der Waals surface area contributed by atoms with Crippen molar-refractivity contribution in [2.24, 2.45) is 5.73 Å². The van der Waals surface area contributed by atoms with E-state index in [1.165, 1.54) is 23.4 Å². The molecule has 3 aromatic rings. The van der Waals surface area contributed by atoms with Gasteiger partial charge in [0.2, 0.25) is 5.91 Å². The molecule has 0 atom stereocenters. The fraction of sp³-hybridized carbons (Fsp3) is 0.250. The number of amides is 1. The second kappa shape index (κ2) is 10.8. The van der Waals surface area contributed by atoms with Crippen molar-refractivity contribution < 1.29 is 22.8 Å². The molecule has 7 nitrogen and oxygen atoms in total. The normalized spacial score (nSPS) is 13.3. The topological polar surface area (TPSA) is 113 Å². The maximum absolute atomic E-state index is 13.6. The molecule has 1 aliphatic heterocycles. The molecule has 0 aliphatic carbocycles. The molecule has 0 unspecified atom stereocenters. The van der Waals surface area contributed by atoms with Crippen LogP contribution in [0.2, 0.25) is 0 Å². The standard InChI is InChI=1S/C28H24F3N5O2/c1-17-4-5-20(12-19(17)6-7-22-15-35-23(16-34-22)14-26(32)33)25(37)11-18-9-21(28(29,30)31)13-24(10-18)36-8-2-3-27(36)38/h4-5,9-10,12-13,15-16H,2-3,8,11,14H2,1H3,(H3,32,33). The van der Waals surface area contributed by atoms with E-state index in [1.807, 2.05) is 6.92 Å². The molecular formula is C28H24F3N5O2. The number of nitrogens with two attached hydrogens (primary N) is 1. The van der Waals surface area contributed by atoms with Crippen LogP contribution in [0.1, 0.15) is 56.8 Å². The van der Waals surface area contributed by atoms with Crippen molar-refractivity contribution in [2.45, 2.75) is 38.8 Å². The van der Waals surface area contributed by atoms with Crippen LogP contribution in [0.4, 0.5) is 18.9 Å². The summed E-state index contributed by atoms with van der Waals surface area (Å²) in [4.78, 5) is 34.9. The minimum Gasteiger partial charge on any atom is -0.387 e. The number of halogens is 3. The van der Waals surface area contributed by atoms with Gasteiger partial charge in [0, 0.05) is 42.6 Å². The molecule has 0 radical (unpaired) electrons. The molecular weight excluding hydrogens is 495 g/mol. The number of benzene rings is 2. The first-order valence-corrected chi connectivity index (χ1v) is 11.8. The summed E-state index contributed by atoms with van der Waals surface area (Å²) >= 11 is 0. The van der Waals surface area contributed by atoms with E-state index in [9.17, 15) is 22.8 Å². The largest absolute Gasteiger partial charge is 0.416 e. The third-order valence-electron chi connectivity index (χ3n) is 6.02. The van der Waals surface area contributed by atoms with Crippen molar-refractivity contribution in [1.29, 1.82) is 5.41 Å². The third-order valence-corrected chi connectivity index (χ3v) is 6.02. The first kappa shape index (κ1) is 26.5. The quantitative estimate of drug-likeness (QED) is 0.219. The van der Waals surface area contributed by atoms with Crippen molar-refractivity contribution >= 4 is 23.2 Å². The number of nitrogens with one attached hydrogen (secondary N) is 1. The SMILES string of the molecule is Cc1ccc(C(=O)Cc2cc(N3CCCC3=O)cc(C(F)(F)F)c2)cc1C#Cc1cnc(CC(=N)N)cn1. The van der Waals surface area contributed by atoms with Gasteiger partial charge in [-0.15, -0.1) is 0 Å². The van der Waals surface area contributed by atoms with Crippen molar-refractivity contribution in [3.63, 3.8) is 0 Å². The molecule has 0 spiro atoms. The van der Waals surface area contributed by atoms with Crippen LogP contribution in [0.3, 0.4) is 0 Å². The van der Waals surface area contributed by atoms with E-state index < -0.39 is 11.7 Å². The fourth-order valence-electron chi connectivity index (χ4n) is 4.07. The summed E-state index contributed by atoms with van der Waals surface area (Å²) in [7, 11) is 0. The Morgan fingerprint density at radius 3 is 2.53 bits per heavy atom. The monoisotopic (exact) mass is 519 g/mol. The first-order chi connectivity index (χ1) is 18.0. The van der Waals surface area contributed by atoms with E-state index in [4.69, 9.17) is 11.1 Å². The van der Waals surface area contributed by atoms with Crippen molar-refractivity contribution in [2.75, 3.05) is 11.4 Å². The van der Waals surface area contributed by atoms with Crippen LogP contribution in [-0.2, 0) is 23.8 Å². The summed E-state index contributed by atoms with van der Waals surface area (Å²) in [6, 6.07) is 8.30. The average molecular weight is 520 g/mol. The van der Waals surface area contributed by atoms with Gasteiger partial charge in [0.1, 0.15) is 5.69 Å². The lowest BCUT2D eigenvalue weighted by Gasteiger charge is -2.19. The number of ketones is 1. The van der Waals surface area contributed by atoms with Crippen LogP contribution >= 0.6 is 0 Å². The lowest BCUT2D eigenvalue weighted by molar-refractivity contribution is -0.137. The van der Waals surface area contributed by atoms with Crippen LogP contribution in [-0.4, -0.2) is 34.0 Å². The second-order valence-electron chi connectivity index (χ2n) is 9.01. The molecule has 0 saturated carbocycles. The molecule has 194 valence electrons. The van der Waals surface area contributed by atoms with Gasteiger partial charge in [0.05, 0.1) is 29.5 Å². The lowest BCUT2D eigenvalue weighted by atomic mass is 9.97. The summed E-state index contributed by atoms with van der Waals surface area (Å²) in [5.74, 6) is 5.21. The molecule has 1 saturated heterocycles. The number of Topliss-reactive ketones (excluding diaryl/α,β-unsaturated/α-hetero) is 1. The Morgan fingerprint density at radius 1 is 1.11 bits per heavy atom. The first-order valence-electron chi connectivity index (χ1n) is 11.8. The van der Waals surface area contributed by atoms with Crippen LogP contribution in [0, 0.1) is 24.2 Å². The smallest absolute Gasteiger partial charge is 0.387 e. The van der Waals surface area contributed by atoms with Gasteiger partial charge in [-0.2, -0.15) is 13.2 Å². The number of anilines is 1. The number of alkyl halides is 3. The van der Waals surface area contributed by atoms with Crippen molar-refractivity contribution in [3.8, 4) is 11.8 Å². The maximum Gasteiger partial charge on any atom is 0.416 e. The summed E-state index contributed by atoms with van der Waals surface area (Å²) in [5.41, 5.74) is 7.40. The Balaban J connectivity index is 1.57. The lowest BCUT2D eigenvalue weighted by Crippen LogP contribution is -2.24. The Morgan fingerprint density at radius 2 is 1.89 bits per heavy atom. The number of carbonyl (C=O) groups excluding carboxylic acids is 2. The summed E-state index contributed by atoms with van der Waals surface area (Å²) < 4.78 is 40.7. The predicted octanol–water partition coefficient (Wildman–Crippen LogP) is 4.23. The Hall–Kier alpha value is -4.52. The van der Waals surface area contributed by atoms with Gasteiger partial charge in [-0.05, 0) is 54.7 Å². The summed E-state index contributed by atoms with van der Waals surface area (Å²) in [5, 5.41) is 7.31. The summed E-state index contributed by atoms with van der Waals surface area (Å²) in [6.07, 6.45) is -0.889. The van der Waals surface area contributed by atoms with Crippen LogP contribution in [0.15, 0.2) is 48.8 Å². The van der Waals surface area contributed by atoms with Gasteiger partial charge in [-0.25, -0.2) is 4.98 Å². The highest BCUT2D eigenvalue weighted by atomic mass is 19.4. The maximum atomic E-state index is 13.6. The molecule has 38 heavy (non-hydrogen) atoms. The Kier molecular flexibility index (Phi) is 7.57. The third kappa shape index (κ3) is 6.42. The number of amidine groups is 1. The van der Waals surface area contributed by atoms with E-state index in [2.05, 4.69) is 21.8 Å². The van der Waals surface area contributed by atoms with E-state index in [1.54, 1.807) is 18.2 Å². The van der Waals surface area contributed by atoms with Gasteiger partial charge in [0.15, 0.2) is 5.78 Å².